The van der Waals surface area contributed by atoms with Crippen molar-refractivity contribution in [3.63, 3.8) is 0 Å². The standard InChI is InChI=1S/C39H32N4Si/c1-39(2)30-16-12-17-31(26-30)43-28-36(29-14-6-3-7-15-29)38(41-43)44(33-19-8-4-9-20-33,34-21-10-5-11-22-34)35-23-13-18-32(27-35)42-25-24-37(39)40-42/h3-28H,1-2H3. The average Bonchev–Trinajstić information content (AvgIpc) is 3.76. The molecule has 0 aliphatic carbocycles. The van der Waals surface area contributed by atoms with Crippen LogP contribution in [0.4, 0.5) is 0 Å². The highest BCUT2D eigenvalue weighted by molar-refractivity contribution is 7.20. The van der Waals surface area contributed by atoms with Crippen LogP contribution in [0.3, 0.4) is 0 Å². The first-order valence-electron chi connectivity index (χ1n) is 15.1. The van der Waals surface area contributed by atoms with Gasteiger partial charge in [-0.1, -0.05) is 129 Å². The summed E-state index contributed by atoms with van der Waals surface area (Å²) in [5.74, 6) is 0. The zero-order valence-corrected chi connectivity index (χ0v) is 25.8. The molecule has 5 heteroatoms. The Hall–Kier alpha value is -5.26. The molecule has 7 aromatic rings. The topological polar surface area (TPSA) is 35.6 Å². The third-order valence-electron chi connectivity index (χ3n) is 9.17. The molecule has 1 aliphatic heterocycles. The SMILES string of the molecule is CC1(C)c2cccc(c2)-n2cc(-c3ccccc3)c(n2)[Si](c2ccccc2)(c2ccccc2)c2cccc(c2)-n2ccc1n2. The Morgan fingerprint density at radius 3 is 1.82 bits per heavy atom. The summed E-state index contributed by atoms with van der Waals surface area (Å²) in [6, 6.07) is 52.6. The van der Waals surface area contributed by atoms with Gasteiger partial charge in [-0.25, -0.2) is 9.36 Å². The Bertz CT molecular complexity index is 2050. The van der Waals surface area contributed by atoms with Crippen LogP contribution < -0.4 is 20.9 Å². The average molecular weight is 585 g/mol. The highest BCUT2D eigenvalue weighted by Gasteiger charge is 2.46. The Morgan fingerprint density at radius 2 is 1.14 bits per heavy atom. The number of aromatic nitrogens is 4. The fourth-order valence-electron chi connectivity index (χ4n) is 6.77. The lowest BCUT2D eigenvalue weighted by Gasteiger charge is -2.33. The van der Waals surface area contributed by atoms with Crippen molar-refractivity contribution in [3.05, 3.63) is 169 Å². The van der Waals surface area contributed by atoms with Crippen LogP contribution in [0.1, 0.15) is 25.1 Å². The van der Waals surface area contributed by atoms with Crippen LogP contribution in [0.2, 0.25) is 0 Å². The van der Waals surface area contributed by atoms with E-state index in [-0.39, 0.29) is 5.41 Å². The molecule has 8 bridgehead atoms. The summed E-state index contributed by atoms with van der Waals surface area (Å²) in [5, 5.41) is 15.7. The van der Waals surface area contributed by atoms with Gasteiger partial charge in [0.25, 0.3) is 0 Å². The molecular weight excluding hydrogens is 553 g/mol. The quantitative estimate of drug-likeness (QED) is 0.248. The van der Waals surface area contributed by atoms with Crippen LogP contribution in [-0.2, 0) is 5.41 Å². The van der Waals surface area contributed by atoms with Crippen molar-refractivity contribution in [2.75, 3.05) is 0 Å². The molecule has 0 N–H and O–H groups in total. The Kier molecular flexibility index (Phi) is 6.10. The van der Waals surface area contributed by atoms with Crippen molar-refractivity contribution in [3.8, 4) is 22.5 Å². The van der Waals surface area contributed by atoms with E-state index in [1.165, 1.54) is 21.1 Å². The molecule has 0 fully saturated rings. The maximum absolute atomic E-state index is 5.63. The van der Waals surface area contributed by atoms with E-state index >= 15 is 0 Å². The fraction of sp³-hybridized carbons (Fsp3) is 0.0769. The second-order valence-electron chi connectivity index (χ2n) is 12.1. The predicted octanol–water partition coefficient (Wildman–Crippen LogP) is 5.74. The van der Waals surface area contributed by atoms with Crippen molar-refractivity contribution in [1.82, 2.24) is 19.6 Å². The summed E-state index contributed by atoms with van der Waals surface area (Å²) >= 11 is 0. The summed E-state index contributed by atoms with van der Waals surface area (Å²) in [6.45, 7) is 4.49. The van der Waals surface area contributed by atoms with E-state index in [0.29, 0.717) is 0 Å². The van der Waals surface area contributed by atoms with E-state index in [9.17, 15) is 0 Å². The molecule has 0 amide bonds. The van der Waals surface area contributed by atoms with Gasteiger partial charge in [0.1, 0.15) is 0 Å². The largest absolute Gasteiger partial charge is 0.241 e. The number of hydrogen-bond acceptors (Lipinski definition) is 2. The van der Waals surface area contributed by atoms with E-state index in [4.69, 9.17) is 10.2 Å². The van der Waals surface area contributed by atoms with Gasteiger partial charge in [-0.3, -0.25) is 0 Å². The van der Waals surface area contributed by atoms with Gasteiger partial charge in [0.2, 0.25) is 8.07 Å². The van der Waals surface area contributed by atoms with E-state index < -0.39 is 8.07 Å². The van der Waals surface area contributed by atoms with Gasteiger partial charge in [0, 0.05) is 23.4 Å². The third kappa shape index (κ3) is 4.04. The molecule has 44 heavy (non-hydrogen) atoms. The van der Waals surface area contributed by atoms with Gasteiger partial charge < -0.3 is 0 Å². The minimum atomic E-state index is -2.98. The smallest absolute Gasteiger partial charge is 0.205 e. The number of nitrogens with zero attached hydrogens (tertiary/aromatic N) is 4. The summed E-state index contributed by atoms with van der Waals surface area (Å²) in [7, 11) is -2.98. The van der Waals surface area contributed by atoms with E-state index in [2.05, 4.69) is 177 Å². The molecular formula is C39H32N4Si. The fourth-order valence-corrected chi connectivity index (χ4v) is 11.6. The third-order valence-corrected chi connectivity index (χ3v) is 13.8. The number of benzene rings is 5. The van der Waals surface area contributed by atoms with Gasteiger partial charge in [0.05, 0.1) is 22.4 Å². The summed E-state index contributed by atoms with van der Waals surface area (Å²) < 4.78 is 4.13. The molecule has 212 valence electrons. The zero-order valence-electron chi connectivity index (χ0n) is 24.8. The van der Waals surface area contributed by atoms with Crippen molar-refractivity contribution < 1.29 is 0 Å². The van der Waals surface area contributed by atoms with Crippen LogP contribution in [-0.4, -0.2) is 27.6 Å². The predicted molar refractivity (Wildman–Crippen MR) is 182 cm³/mol. The van der Waals surface area contributed by atoms with Gasteiger partial charge in [0.15, 0.2) is 0 Å². The van der Waals surface area contributed by atoms with Gasteiger partial charge in [-0.05, 0) is 57.0 Å². The normalized spacial score (nSPS) is 14.5. The lowest BCUT2D eigenvalue weighted by Crippen LogP contribution is -2.75. The monoisotopic (exact) mass is 584 g/mol. The second kappa shape index (κ2) is 10.2. The van der Waals surface area contributed by atoms with Crippen LogP contribution in [0.5, 0.6) is 0 Å². The highest BCUT2D eigenvalue weighted by Crippen LogP contribution is 2.32. The minimum Gasteiger partial charge on any atom is -0.241 e. The molecule has 5 aromatic carbocycles. The van der Waals surface area contributed by atoms with E-state index in [1.54, 1.807) is 0 Å². The summed E-state index contributed by atoms with van der Waals surface area (Å²) in [4.78, 5) is 0. The zero-order chi connectivity index (χ0) is 29.7. The Balaban J connectivity index is 1.57. The molecule has 0 radical (unpaired) electrons. The van der Waals surface area contributed by atoms with Gasteiger partial charge >= 0.3 is 0 Å². The highest BCUT2D eigenvalue weighted by atomic mass is 28.3. The lowest BCUT2D eigenvalue weighted by molar-refractivity contribution is 0.604. The Morgan fingerprint density at radius 1 is 0.545 bits per heavy atom. The van der Waals surface area contributed by atoms with Crippen molar-refractivity contribution in [2.45, 2.75) is 19.3 Å². The van der Waals surface area contributed by atoms with Crippen molar-refractivity contribution in [2.24, 2.45) is 0 Å². The lowest BCUT2D eigenvalue weighted by atomic mass is 9.81. The first-order chi connectivity index (χ1) is 21.5. The number of fused-ring (bicyclic) bond motifs is 10. The molecule has 8 rings (SSSR count). The van der Waals surface area contributed by atoms with Crippen LogP contribution >= 0.6 is 0 Å². The number of rotatable bonds is 3. The van der Waals surface area contributed by atoms with Crippen LogP contribution in [0.25, 0.3) is 22.5 Å². The minimum absolute atomic E-state index is 0.298. The molecule has 4 nitrogen and oxygen atoms in total. The molecule has 0 saturated heterocycles. The molecule has 0 spiro atoms. The van der Waals surface area contributed by atoms with Crippen LogP contribution in [0, 0.1) is 0 Å². The first-order valence-corrected chi connectivity index (χ1v) is 17.1. The molecule has 0 unspecified atom stereocenters. The van der Waals surface area contributed by atoms with Crippen molar-refractivity contribution >= 4 is 29.0 Å². The molecule has 0 atom stereocenters. The van der Waals surface area contributed by atoms with Crippen LogP contribution in [0.15, 0.2) is 158 Å². The molecule has 2 aromatic heterocycles. The number of hydrogen-bond donors (Lipinski definition) is 0. The van der Waals surface area contributed by atoms with E-state index in [1.807, 2.05) is 4.68 Å². The van der Waals surface area contributed by atoms with E-state index in [0.717, 1.165) is 33.5 Å². The van der Waals surface area contributed by atoms with Gasteiger partial charge in [-0.15, -0.1) is 0 Å². The molecule has 1 aliphatic rings. The van der Waals surface area contributed by atoms with Gasteiger partial charge in [-0.2, -0.15) is 10.2 Å². The summed E-state index contributed by atoms with van der Waals surface area (Å²) in [5.41, 5.74) is 6.31. The molecule has 0 saturated carbocycles. The Labute approximate surface area is 258 Å². The maximum atomic E-state index is 5.63. The summed E-state index contributed by atoms with van der Waals surface area (Å²) in [6.07, 6.45) is 4.33. The second-order valence-corrected chi connectivity index (χ2v) is 15.8. The maximum Gasteiger partial charge on any atom is 0.205 e. The first kappa shape index (κ1) is 26.4. The van der Waals surface area contributed by atoms with Crippen molar-refractivity contribution in [1.29, 1.82) is 0 Å². The molecule has 3 heterocycles.